The van der Waals surface area contributed by atoms with E-state index >= 15 is 0 Å². The van der Waals surface area contributed by atoms with Crippen molar-refractivity contribution in [3.8, 4) is 0 Å². The zero-order chi connectivity index (χ0) is 9.84. The molecule has 0 atom stereocenters. The first-order chi connectivity index (χ1) is 6.11. The Morgan fingerprint density at radius 3 is 3.00 bits per heavy atom. The van der Waals surface area contributed by atoms with Crippen molar-refractivity contribution < 1.29 is 0 Å². The molecule has 13 heavy (non-hydrogen) atoms. The fourth-order valence-corrected chi connectivity index (χ4v) is 1.09. The molecule has 0 fully saturated rings. The van der Waals surface area contributed by atoms with Crippen molar-refractivity contribution in [1.29, 1.82) is 0 Å². The SMILES string of the molecule is C=C(Cl)CNc1nccc(C)c1Cl. The number of aromatic nitrogens is 1. The number of pyridine rings is 1. The lowest BCUT2D eigenvalue weighted by atomic mass is 10.3. The van der Waals surface area contributed by atoms with Crippen LogP contribution in [0.2, 0.25) is 5.02 Å². The molecule has 4 heteroatoms. The highest BCUT2D eigenvalue weighted by Crippen LogP contribution is 2.22. The predicted octanol–water partition coefficient (Wildman–Crippen LogP) is 3.21. The van der Waals surface area contributed by atoms with Crippen molar-refractivity contribution in [3.63, 3.8) is 0 Å². The molecule has 1 N–H and O–H groups in total. The van der Waals surface area contributed by atoms with Crippen molar-refractivity contribution >= 4 is 29.0 Å². The third-order valence-corrected chi connectivity index (χ3v) is 2.14. The van der Waals surface area contributed by atoms with Gasteiger partial charge in [0.2, 0.25) is 0 Å². The normalized spacial score (nSPS) is 9.77. The molecule has 0 radical (unpaired) electrons. The summed E-state index contributed by atoms with van der Waals surface area (Å²) in [4.78, 5) is 4.07. The summed E-state index contributed by atoms with van der Waals surface area (Å²) in [5, 5.41) is 4.13. The first-order valence-corrected chi connectivity index (χ1v) is 4.55. The highest BCUT2D eigenvalue weighted by Gasteiger charge is 2.02. The predicted molar refractivity (Wildman–Crippen MR) is 57.5 cm³/mol. The van der Waals surface area contributed by atoms with Crippen molar-refractivity contribution in [2.45, 2.75) is 6.92 Å². The van der Waals surface area contributed by atoms with Crippen LogP contribution in [0.1, 0.15) is 5.56 Å². The molecule has 0 amide bonds. The van der Waals surface area contributed by atoms with Gasteiger partial charge in [-0.1, -0.05) is 29.8 Å². The van der Waals surface area contributed by atoms with Crippen molar-refractivity contribution in [2.75, 3.05) is 11.9 Å². The van der Waals surface area contributed by atoms with Crippen molar-refractivity contribution in [3.05, 3.63) is 34.5 Å². The maximum Gasteiger partial charge on any atom is 0.145 e. The van der Waals surface area contributed by atoms with E-state index in [0.717, 1.165) is 5.56 Å². The van der Waals surface area contributed by atoms with E-state index in [0.29, 0.717) is 22.4 Å². The second-order valence-corrected chi connectivity index (χ2v) is 3.57. The van der Waals surface area contributed by atoms with E-state index in [1.54, 1.807) is 6.20 Å². The van der Waals surface area contributed by atoms with E-state index in [4.69, 9.17) is 23.2 Å². The first-order valence-electron chi connectivity index (χ1n) is 3.79. The minimum Gasteiger partial charge on any atom is -0.364 e. The van der Waals surface area contributed by atoms with Gasteiger partial charge in [0, 0.05) is 11.2 Å². The molecular weight excluding hydrogens is 207 g/mol. The topological polar surface area (TPSA) is 24.9 Å². The molecule has 0 saturated carbocycles. The van der Waals surface area contributed by atoms with Gasteiger partial charge >= 0.3 is 0 Å². The van der Waals surface area contributed by atoms with Gasteiger partial charge in [0.15, 0.2) is 0 Å². The molecule has 0 aliphatic heterocycles. The van der Waals surface area contributed by atoms with Crippen LogP contribution in [0.5, 0.6) is 0 Å². The highest BCUT2D eigenvalue weighted by atomic mass is 35.5. The Labute approximate surface area is 87.6 Å². The summed E-state index contributed by atoms with van der Waals surface area (Å²) in [6.45, 7) is 5.95. The van der Waals surface area contributed by atoms with Crippen LogP contribution in [0, 0.1) is 6.92 Å². The van der Waals surface area contributed by atoms with Crippen molar-refractivity contribution in [2.24, 2.45) is 0 Å². The summed E-state index contributed by atoms with van der Waals surface area (Å²) < 4.78 is 0. The van der Waals surface area contributed by atoms with E-state index in [9.17, 15) is 0 Å². The number of nitrogens with zero attached hydrogens (tertiary/aromatic N) is 1. The smallest absolute Gasteiger partial charge is 0.145 e. The van der Waals surface area contributed by atoms with Crippen LogP contribution in [0.25, 0.3) is 0 Å². The van der Waals surface area contributed by atoms with Crippen LogP contribution in [0.15, 0.2) is 23.9 Å². The largest absolute Gasteiger partial charge is 0.364 e. The fourth-order valence-electron chi connectivity index (χ4n) is 0.843. The standard InChI is InChI=1S/C9H10Cl2N2/c1-6-3-4-12-9(8(6)11)13-5-7(2)10/h3-4H,2,5H2,1H3,(H,12,13). The summed E-state index contributed by atoms with van der Waals surface area (Å²) in [5.74, 6) is 0.642. The molecular formula is C9H10Cl2N2. The van der Waals surface area contributed by atoms with Gasteiger partial charge in [-0.05, 0) is 18.6 Å². The number of rotatable bonds is 3. The number of nitrogens with one attached hydrogen (secondary N) is 1. The Kier molecular flexibility index (Phi) is 3.58. The monoisotopic (exact) mass is 216 g/mol. The Morgan fingerprint density at radius 1 is 1.69 bits per heavy atom. The van der Waals surface area contributed by atoms with Crippen LogP contribution in [-0.4, -0.2) is 11.5 Å². The molecule has 1 aromatic heterocycles. The number of anilines is 1. The molecule has 0 saturated heterocycles. The quantitative estimate of drug-likeness (QED) is 0.840. The Hall–Kier alpha value is -0.730. The van der Waals surface area contributed by atoms with Gasteiger partial charge in [0.05, 0.1) is 11.6 Å². The van der Waals surface area contributed by atoms with Crippen LogP contribution in [0.4, 0.5) is 5.82 Å². The van der Waals surface area contributed by atoms with Crippen LogP contribution >= 0.6 is 23.2 Å². The second-order valence-electron chi connectivity index (χ2n) is 2.66. The average molecular weight is 217 g/mol. The molecule has 0 unspecified atom stereocenters. The number of hydrogen-bond donors (Lipinski definition) is 1. The molecule has 0 spiro atoms. The summed E-state index contributed by atoms with van der Waals surface area (Å²) in [6, 6.07) is 1.85. The van der Waals surface area contributed by atoms with Gasteiger partial charge in [-0.3, -0.25) is 0 Å². The lowest BCUT2D eigenvalue weighted by Crippen LogP contribution is -2.03. The summed E-state index contributed by atoms with van der Waals surface area (Å²) in [7, 11) is 0. The molecule has 1 aromatic rings. The summed E-state index contributed by atoms with van der Waals surface area (Å²) in [5.41, 5.74) is 0.986. The second kappa shape index (κ2) is 4.49. The van der Waals surface area contributed by atoms with Gasteiger partial charge in [-0.25, -0.2) is 4.98 Å². The van der Waals surface area contributed by atoms with Crippen LogP contribution in [-0.2, 0) is 0 Å². The van der Waals surface area contributed by atoms with E-state index in [2.05, 4.69) is 16.9 Å². The summed E-state index contributed by atoms with van der Waals surface area (Å²) >= 11 is 11.6. The highest BCUT2D eigenvalue weighted by molar-refractivity contribution is 6.33. The minimum atomic E-state index is 0.470. The van der Waals surface area contributed by atoms with Crippen molar-refractivity contribution in [1.82, 2.24) is 4.98 Å². The third-order valence-electron chi connectivity index (χ3n) is 1.53. The van der Waals surface area contributed by atoms with E-state index in [1.165, 1.54) is 0 Å². The molecule has 0 bridgehead atoms. The van der Waals surface area contributed by atoms with Gasteiger partial charge in [-0.2, -0.15) is 0 Å². The molecule has 2 nitrogen and oxygen atoms in total. The van der Waals surface area contributed by atoms with Gasteiger partial charge in [0.25, 0.3) is 0 Å². The zero-order valence-corrected chi connectivity index (χ0v) is 8.78. The zero-order valence-electron chi connectivity index (χ0n) is 7.27. The van der Waals surface area contributed by atoms with E-state index in [-0.39, 0.29) is 0 Å². The molecule has 1 rings (SSSR count). The Balaban J connectivity index is 2.77. The number of halogens is 2. The number of aryl methyl sites for hydroxylation is 1. The molecule has 0 aliphatic rings. The third kappa shape index (κ3) is 2.90. The van der Waals surface area contributed by atoms with Gasteiger partial charge in [0.1, 0.15) is 5.82 Å². The average Bonchev–Trinajstić information content (AvgIpc) is 2.07. The maximum absolute atomic E-state index is 5.98. The Bertz CT molecular complexity index is 323. The van der Waals surface area contributed by atoms with Crippen LogP contribution < -0.4 is 5.32 Å². The van der Waals surface area contributed by atoms with E-state index in [1.807, 2.05) is 13.0 Å². The first kappa shape index (κ1) is 10.4. The lowest BCUT2D eigenvalue weighted by Gasteiger charge is -2.07. The van der Waals surface area contributed by atoms with Gasteiger partial charge < -0.3 is 5.32 Å². The Morgan fingerprint density at radius 2 is 2.38 bits per heavy atom. The molecule has 70 valence electrons. The van der Waals surface area contributed by atoms with E-state index < -0.39 is 0 Å². The minimum absolute atomic E-state index is 0.470. The van der Waals surface area contributed by atoms with Crippen LogP contribution in [0.3, 0.4) is 0 Å². The summed E-state index contributed by atoms with van der Waals surface area (Å²) in [6.07, 6.45) is 1.69. The maximum atomic E-state index is 5.98. The fraction of sp³-hybridized carbons (Fsp3) is 0.222. The molecule has 1 heterocycles. The lowest BCUT2D eigenvalue weighted by molar-refractivity contribution is 1.20. The molecule has 0 aromatic carbocycles. The van der Waals surface area contributed by atoms with Gasteiger partial charge in [-0.15, -0.1) is 0 Å². The molecule has 0 aliphatic carbocycles. The number of hydrogen-bond acceptors (Lipinski definition) is 2.